The summed E-state index contributed by atoms with van der Waals surface area (Å²) in [6.45, 7) is 1.95. The van der Waals surface area contributed by atoms with E-state index in [0.29, 0.717) is 23.1 Å². The van der Waals surface area contributed by atoms with Gasteiger partial charge in [-0.25, -0.2) is 9.78 Å². The molecule has 26 heavy (non-hydrogen) atoms. The largest absolute Gasteiger partial charge is 0.444 e. The van der Waals surface area contributed by atoms with E-state index in [4.69, 9.17) is 16.3 Å². The van der Waals surface area contributed by atoms with Gasteiger partial charge in [0.2, 0.25) is 0 Å². The van der Waals surface area contributed by atoms with Crippen LogP contribution in [0.15, 0.2) is 41.9 Å². The first-order chi connectivity index (χ1) is 12.5. The van der Waals surface area contributed by atoms with Crippen LogP contribution in [0.25, 0.3) is 0 Å². The van der Waals surface area contributed by atoms with Crippen molar-refractivity contribution in [1.29, 1.82) is 0 Å². The second-order valence-corrected chi connectivity index (χ2v) is 6.72. The van der Waals surface area contributed by atoms with Gasteiger partial charge in [-0.05, 0) is 6.07 Å². The number of nitrogens with one attached hydrogen (secondary N) is 1. The number of anilines is 1. The zero-order valence-electron chi connectivity index (χ0n) is 13.8. The Hall–Kier alpha value is -2.71. The molecule has 9 heteroatoms. The average Bonchev–Trinajstić information content (AvgIpc) is 3.24. The number of hydrogen-bond acceptors (Lipinski definition) is 6. The minimum absolute atomic E-state index is 0.0686. The molecule has 2 aromatic heterocycles. The smallest absolute Gasteiger partial charge is 0.413 e. The number of Topliss-reactive ketones (excluding diaryl/α,β-unsaturated/α-hetero) is 1. The van der Waals surface area contributed by atoms with Crippen LogP contribution in [-0.4, -0.2) is 26.6 Å². The van der Waals surface area contributed by atoms with Gasteiger partial charge in [0.15, 0.2) is 11.6 Å². The highest BCUT2D eigenvalue weighted by molar-refractivity contribution is 7.09. The highest BCUT2D eigenvalue weighted by atomic mass is 35.5. The van der Waals surface area contributed by atoms with Crippen molar-refractivity contribution in [3.63, 3.8) is 0 Å². The number of ether oxygens (including phenoxy) is 1. The Labute approximate surface area is 158 Å². The molecule has 0 bridgehead atoms. The number of thiazole rings is 1. The molecule has 0 saturated heterocycles. The van der Waals surface area contributed by atoms with Crippen molar-refractivity contribution in [1.82, 2.24) is 14.8 Å². The maximum absolute atomic E-state index is 11.9. The number of carbonyl (C=O) groups excluding carboxylic acids is 2. The van der Waals surface area contributed by atoms with Crippen LogP contribution in [0, 0.1) is 0 Å². The topological polar surface area (TPSA) is 86.1 Å². The maximum Gasteiger partial charge on any atom is 0.413 e. The molecule has 0 aliphatic rings. The number of rotatable bonds is 6. The van der Waals surface area contributed by atoms with E-state index in [-0.39, 0.29) is 12.4 Å². The van der Waals surface area contributed by atoms with E-state index in [0.717, 1.165) is 10.6 Å². The van der Waals surface area contributed by atoms with Gasteiger partial charge in [-0.15, -0.1) is 11.3 Å². The van der Waals surface area contributed by atoms with E-state index >= 15 is 0 Å². The molecule has 0 aliphatic heterocycles. The number of benzene rings is 1. The predicted molar refractivity (Wildman–Crippen MR) is 98.7 cm³/mol. The number of halogens is 1. The minimum Gasteiger partial charge on any atom is -0.444 e. The first-order valence-corrected chi connectivity index (χ1v) is 8.93. The molecule has 7 nitrogen and oxygen atoms in total. The second-order valence-electron chi connectivity index (χ2n) is 5.37. The molecule has 134 valence electrons. The Morgan fingerprint density at radius 1 is 1.31 bits per heavy atom. The lowest BCUT2D eigenvalue weighted by Gasteiger charge is -2.06. The Balaban J connectivity index is 1.53. The average molecular weight is 391 g/mol. The summed E-state index contributed by atoms with van der Waals surface area (Å²) < 4.78 is 6.76. The van der Waals surface area contributed by atoms with Crippen molar-refractivity contribution in [2.24, 2.45) is 0 Å². The van der Waals surface area contributed by atoms with E-state index in [2.05, 4.69) is 15.4 Å². The fraction of sp³-hybridized carbons (Fsp3) is 0.176. The number of hydrogen-bond donors (Lipinski definition) is 1. The molecule has 3 rings (SSSR count). The summed E-state index contributed by atoms with van der Waals surface area (Å²) in [6.07, 6.45) is 1.08. The SMILES string of the molecule is CC(=O)c1csc(Cn2ccc(NC(=O)OCc3ccccc3Cl)n2)n1. The molecule has 1 N–H and O–H groups in total. The highest BCUT2D eigenvalue weighted by Gasteiger charge is 2.10. The Morgan fingerprint density at radius 3 is 2.85 bits per heavy atom. The molecule has 0 radical (unpaired) electrons. The molecular formula is C17H15ClN4O3S. The Morgan fingerprint density at radius 2 is 2.12 bits per heavy atom. The zero-order valence-corrected chi connectivity index (χ0v) is 15.4. The van der Waals surface area contributed by atoms with Crippen LogP contribution in [0.3, 0.4) is 0 Å². The van der Waals surface area contributed by atoms with E-state index in [1.807, 2.05) is 6.07 Å². The van der Waals surface area contributed by atoms with Crippen molar-refractivity contribution < 1.29 is 14.3 Å². The van der Waals surface area contributed by atoms with E-state index in [1.165, 1.54) is 18.3 Å². The van der Waals surface area contributed by atoms with Crippen molar-refractivity contribution >= 4 is 40.6 Å². The second kappa shape index (κ2) is 8.11. The quantitative estimate of drug-likeness (QED) is 0.643. The fourth-order valence-corrected chi connectivity index (χ4v) is 3.11. The third-order valence-corrected chi connectivity index (χ3v) is 4.60. The summed E-state index contributed by atoms with van der Waals surface area (Å²) in [5.41, 5.74) is 1.17. The van der Waals surface area contributed by atoms with Crippen LogP contribution >= 0.6 is 22.9 Å². The van der Waals surface area contributed by atoms with Gasteiger partial charge in [-0.2, -0.15) is 5.10 Å². The molecular weight excluding hydrogens is 376 g/mol. The number of ketones is 1. The Kier molecular flexibility index (Phi) is 5.65. The van der Waals surface area contributed by atoms with E-state index in [9.17, 15) is 9.59 Å². The van der Waals surface area contributed by atoms with Gasteiger partial charge in [0.25, 0.3) is 0 Å². The Bertz CT molecular complexity index is 937. The van der Waals surface area contributed by atoms with Gasteiger partial charge in [0, 0.05) is 35.2 Å². The summed E-state index contributed by atoms with van der Waals surface area (Å²) in [5, 5.41) is 9.80. The van der Waals surface area contributed by atoms with Gasteiger partial charge in [0.1, 0.15) is 17.3 Å². The van der Waals surface area contributed by atoms with Crippen molar-refractivity contribution in [3.05, 3.63) is 63.2 Å². The molecule has 0 unspecified atom stereocenters. The maximum atomic E-state index is 11.9. The van der Waals surface area contributed by atoms with E-state index < -0.39 is 6.09 Å². The zero-order chi connectivity index (χ0) is 18.5. The van der Waals surface area contributed by atoms with Gasteiger partial charge in [0.05, 0.1) is 6.54 Å². The van der Waals surface area contributed by atoms with Gasteiger partial charge in [-0.3, -0.25) is 14.8 Å². The normalized spacial score (nSPS) is 10.5. The molecule has 1 aromatic carbocycles. The summed E-state index contributed by atoms with van der Waals surface area (Å²) in [6, 6.07) is 8.79. The number of carbonyl (C=O) groups is 2. The van der Waals surface area contributed by atoms with Crippen molar-refractivity contribution in [2.75, 3.05) is 5.32 Å². The molecule has 3 aromatic rings. The molecule has 0 atom stereocenters. The summed E-state index contributed by atoms with van der Waals surface area (Å²) in [5.74, 6) is 0.286. The lowest BCUT2D eigenvalue weighted by atomic mass is 10.2. The highest BCUT2D eigenvalue weighted by Crippen LogP contribution is 2.16. The number of aromatic nitrogens is 3. The van der Waals surface area contributed by atoms with Crippen LogP contribution in [0.2, 0.25) is 5.02 Å². The van der Waals surface area contributed by atoms with Gasteiger partial charge < -0.3 is 4.74 Å². The van der Waals surface area contributed by atoms with Crippen molar-refractivity contribution in [3.8, 4) is 0 Å². The molecule has 0 fully saturated rings. The van der Waals surface area contributed by atoms with Crippen LogP contribution < -0.4 is 5.32 Å². The lowest BCUT2D eigenvalue weighted by molar-refractivity contribution is 0.101. The number of amides is 1. The lowest BCUT2D eigenvalue weighted by Crippen LogP contribution is -2.14. The first kappa shape index (κ1) is 18.1. The van der Waals surface area contributed by atoms with Gasteiger partial charge in [-0.1, -0.05) is 29.8 Å². The molecule has 0 aliphatic carbocycles. The molecule has 0 saturated carbocycles. The number of nitrogens with zero attached hydrogens (tertiary/aromatic N) is 3. The van der Waals surface area contributed by atoms with Crippen LogP contribution in [0.1, 0.15) is 28.0 Å². The molecule has 2 heterocycles. The van der Waals surface area contributed by atoms with E-state index in [1.54, 1.807) is 40.5 Å². The van der Waals surface area contributed by atoms with Gasteiger partial charge >= 0.3 is 6.09 Å². The first-order valence-electron chi connectivity index (χ1n) is 7.67. The standard InChI is InChI=1S/C17H15ClN4O3S/c1-11(23)14-10-26-16(19-14)8-22-7-6-15(21-22)20-17(24)25-9-12-4-2-3-5-13(12)18/h2-7,10H,8-9H2,1H3,(H,20,21,24). The molecule has 1 amide bonds. The third-order valence-electron chi connectivity index (χ3n) is 3.40. The predicted octanol–water partition coefficient (Wildman–Crippen LogP) is 3.99. The van der Waals surface area contributed by atoms with Crippen LogP contribution in [-0.2, 0) is 17.9 Å². The summed E-state index contributed by atoms with van der Waals surface area (Å²) in [7, 11) is 0. The minimum atomic E-state index is -0.622. The van der Waals surface area contributed by atoms with Crippen LogP contribution in [0.5, 0.6) is 0 Å². The molecule has 0 spiro atoms. The van der Waals surface area contributed by atoms with Crippen molar-refractivity contribution in [2.45, 2.75) is 20.1 Å². The van der Waals surface area contributed by atoms with Crippen LogP contribution in [0.4, 0.5) is 10.6 Å². The summed E-state index contributed by atoms with van der Waals surface area (Å²) >= 11 is 7.40. The monoisotopic (exact) mass is 390 g/mol. The third kappa shape index (κ3) is 4.68. The summed E-state index contributed by atoms with van der Waals surface area (Å²) in [4.78, 5) is 27.4. The fourth-order valence-electron chi connectivity index (χ4n) is 2.10.